The summed E-state index contributed by atoms with van der Waals surface area (Å²) in [5, 5.41) is 0. The fourth-order valence-corrected chi connectivity index (χ4v) is 2.22. The van der Waals surface area contributed by atoms with Crippen molar-refractivity contribution < 1.29 is 4.74 Å². The van der Waals surface area contributed by atoms with E-state index in [2.05, 4.69) is 20.9 Å². The van der Waals surface area contributed by atoms with Crippen molar-refractivity contribution in [2.75, 3.05) is 7.11 Å². The van der Waals surface area contributed by atoms with Crippen LogP contribution in [0.25, 0.3) is 0 Å². The van der Waals surface area contributed by atoms with Gasteiger partial charge in [0.2, 0.25) is 0 Å². The highest BCUT2D eigenvalue weighted by Gasteiger charge is 2.09. The van der Waals surface area contributed by atoms with Crippen molar-refractivity contribution in [1.29, 1.82) is 0 Å². The molecule has 1 aromatic carbocycles. The van der Waals surface area contributed by atoms with Gasteiger partial charge in [-0.05, 0) is 47.5 Å². The molecule has 4 nitrogen and oxygen atoms in total. The van der Waals surface area contributed by atoms with Crippen molar-refractivity contribution in [2.45, 2.75) is 20.4 Å². The van der Waals surface area contributed by atoms with E-state index in [4.69, 9.17) is 4.74 Å². The third-order valence-electron chi connectivity index (χ3n) is 3.01. The first-order chi connectivity index (χ1) is 9.02. The molecule has 2 aromatic rings. The van der Waals surface area contributed by atoms with E-state index in [1.165, 1.54) is 0 Å². The summed E-state index contributed by atoms with van der Waals surface area (Å²) >= 11 is 3.46. The molecule has 0 saturated heterocycles. The fourth-order valence-electron chi connectivity index (χ4n) is 1.92. The van der Waals surface area contributed by atoms with Gasteiger partial charge >= 0.3 is 5.69 Å². The quantitative estimate of drug-likeness (QED) is 0.872. The number of rotatable bonds is 3. The molecule has 0 aliphatic carbocycles. The first-order valence-corrected chi connectivity index (χ1v) is 6.68. The number of hydrogen-bond acceptors (Lipinski definition) is 3. The summed E-state index contributed by atoms with van der Waals surface area (Å²) in [6, 6.07) is 7.66. The zero-order chi connectivity index (χ0) is 14.0. The minimum Gasteiger partial charge on any atom is -0.497 e. The van der Waals surface area contributed by atoms with Crippen molar-refractivity contribution in [3.05, 3.63) is 56.2 Å². The van der Waals surface area contributed by atoms with Gasteiger partial charge < -0.3 is 4.74 Å². The number of aromatic nitrogens is 2. The molecule has 0 radical (unpaired) electrons. The third-order valence-corrected chi connectivity index (χ3v) is 4.16. The van der Waals surface area contributed by atoms with E-state index in [0.717, 1.165) is 21.5 Å². The smallest absolute Gasteiger partial charge is 0.348 e. The summed E-state index contributed by atoms with van der Waals surface area (Å²) in [6.45, 7) is 4.20. The lowest BCUT2D eigenvalue weighted by Gasteiger charge is -2.12. The van der Waals surface area contributed by atoms with E-state index in [1.807, 2.05) is 38.1 Å². The predicted molar refractivity (Wildman–Crippen MR) is 77.8 cm³/mol. The van der Waals surface area contributed by atoms with Gasteiger partial charge in [0, 0.05) is 5.69 Å². The molecule has 19 heavy (non-hydrogen) atoms. The Morgan fingerprint density at radius 2 is 2.11 bits per heavy atom. The van der Waals surface area contributed by atoms with E-state index in [0.29, 0.717) is 12.2 Å². The Bertz CT molecular complexity index is 665. The largest absolute Gasteiger partial charge is 0.497 e. The van der Waals surface area contributed by atoms with E-state index < -0.39 is 0 Å². The van der Waals surface area contributed by atoms with Crippen LogP contribution in [-0.2, 0) is 6.54 Å². The molecule has 0 fully saturated rings. The molecule has 0 aliphatic rings. The van der Waals surface area contributed by atoms with Crippen molar-refractivity contribution in [3.8, 4) is 5.75 Å². The Morgan fingerprint density at radius 3 is 2.79 bits per heavy atom. The van der Waals surface area contributed by atoms with Crippen molar-refractivity contribution in [2.24, 2.45) is 0 Å². The Kier molecular flexibility index (Phi) is 4.04. The van der Waals surface area contributed by atoms with Crippen LogP contribution in [0.4, 0.5) is 0 Å². The number of benzene rings is 1. The SMILES string of the molecule is COc1cccc(Cn2c(C)c(Br)c(C)nc2=O)c1. The number of ether oxygens (including phenoxy) is 1. The van der Waals surface area contributed by atoms with E-state index in [-0.39, 0.29) is 5.69 Å². The number of methoxy groups -OCH3 is 1. The Morgan fingerprint density at radius 1 is 1.37 bits per heavy atom. The molecule has 0 aliphatic heterocycles. The topological polar surface area (TPSA) is 44.1 Å². The molecule has 0 spiro atoms. The second kappa shape index (κ2) is 5.57. The van der Waals surface area contributed by atoms with Crippen molar-refractivity contribution in [3.63, 3.8) is 0 Å². The molecule has 2 rings (SSSR count). The van der Waals surface area contributed by atoms with Crippen LogP contribution in [0.1, 0.15) is 17.0 Å². The van der Waals surface area contributed by atoms with Crippen LogP contribution in [-0.4, -0.2) is 16.7 Å². The highest BCUT2D eigenvalue weighted by Crippen LogP contribution is 2.18. The lowest BCUT2D eigenvalue weighted by molar-refractivity contribution is 0.414. The Hall–Kier alpha value is -1.62. The lowest BCUT2D eigenvalue weighted by Crippen LogP contribution is -2.26. The molecule has 1 heterocycles. The minimum atomic E-state index is -0.235. The molecule has 5 heteroatoms. The first-order valence-electron chi connectivity index (χ1n) is 5.89. The molecular formula is C14H15BrN2O2. The van der Waals surface area contributed by atoms with Gasteiger partial charge in [0.25, 0.3) is 0 Å². The second-order valence-corrected chi connectivity index (χ2v) is 5.11. The average molecular weight is 323 g/mol. The predicted octanol–water partition coefficient (Wildman–Crippen LogP) is 2.68. The standard InChI is InChI=1S/C14H15BrN2O2/c1-9-13(15)10(2)17(14(18)16-9)8-11-5-4-6-12(7-11)19-3/h4-7H,8H2,1-3H3. The summed E-state index contributed by atoms with van der Waals surface area (Å²) in [5.74, 6) is 0.780. The normalized spacial score (nSPS) is 10.5. The van der Waals surface area contributed by atoms with Crippen molar-refractivity contribution >= 4 is 15.9 Å². The van der Waals surface area contributed by atoms with Gasteiger partial charge in [-0.15, -0.1) is 0 Å². The van der Waals surface area contributed by atoms with Crippen molar-refractivity contribution in [1.82, 2.24) is 9.55 Å². The summed E-state index contributed by atoms with van der Waals surface area (Å²) in [7, 11) is 1.63. The fraction of sp³-hybridized carbons (Fsp3) is 0.286. The van der Waals surface area contributed by atoms with Crippen LogP contribution >= 0.6 is 15.9 Å². The molecular weight excluding hydrogens is 308 g/mol. The zero-order valence-electron chi connectivity index (χ0n) is 11.1. The minimum absolute atomic E-state index is 0.235. The number of aryl methyl sites for hydroxylation is 1. The van der Waals surface area contributed by atoms with Crippen LogP contribution in [0.3, 0.4) is 0 Å². The zero-order valence-corrected chi connectivity index (χ0v) is 12.7. The molecule has 100 valence electrons. The number of nitrogens with zero attached hydrogens (tertiary/aromatic N) is 2. The average Bonchev–Trinajstić information content (AvgIpc) is 2.41. The molecule has 0 unspecified atom stereocenters. The maximum Gasteiger partial charge on any atom is 0.348 e. The van der Waals surface area contributed by atoms with Crippen LogP contribution in [0.2, 0.25) is 0 Å². The van der Waals surface area contributed by atoms with Gasteiger partial charge in [0.15, 0.2) is 0 Å². The molecule has 0 atom stereocenters. The lowest BCUT2D eigenvalue weighted by atomic mass is 10.2. The van der Waals surface area contributed by atoms with Gasteiger partial charge in [-0.3, -0.25) is 4.57 Å². The highest BCUT2D eigenvalue weighted by atomic mass is 79.9. The van der Waals surface area contributed by atoms with E-state index in [1.54, 1.807) is 11.7 Å². The molecule has 0 N–H and O–H groups in total. The summed E-state index contributed by atoms with van der Waals surface area (Å²) in [5.41, 5.74) is 2.35. The summed E-state index contributed by atoms with van der Waals surface area (Å²) in [4.78, 5) is 16.0. The molecule has 0 saturated carbocycles. The van der Waals surface area contributed by atoms with Crippen LogP contribution in [0, 0.1) is 13.8 Å². The first kappa shape index (κ1) is 13.8. The summed E-state index contributed by atoms with van der Waals surface area (Å²) < 4.78 is 7.70. The third kappa shape index (κ3) is 2.87. The number of halogens is 1. The van der Waals surface area contributed by atoms with Gasteiger partial charge in [0.1, 0.15) is 5.75 Å². The Balaban J connectivity index is 2.43. The summed E-state index contributed by atoms with van der Waals surface area (Å²) in [6.07, 6.45) is 0. The molecule has 1 aromatic heterocycles. The van der Waals surface area contributed by atoms with E-state index >= 15 is 0 Å². The maximum atomic E-state index is 12.0. The molecule has 0 amide bonds. The maximum absolute atomic E-state index is 12.0. The van der Waals surface area contributed by atoms with E-state index in [9.17, 15) is 4.79 Å². The molecule has 0 bridgehead atoms. The van der Waals surface area contributed by atoms with Crippen LogP contribution in [0.15, 0.2) is 33.5 Å². The second-order valence-electron chi connectivity index (χ2n) is 4.32. The van der Waals surface area contributed by atoms with Gasteiger partial charge in [-0.1, -0.05) is 12.1 Å². The highest BCUT2D eigenvalue weighted by molar-refractivity contribution is 9.10. The monoisotopic (exact) mass is 322 g/mol. The van der Waals surface area contributed by atoms with Gasteiger partial charge in [-0.25, -0.2) is 4.79 Å². The Labute approximate surface area is 120 Å². The van der Waals surface area contributed by atoms with Crippen LogP contribution < -0.4 is 10.4 Å². The number of hydrogen-bond donors (Lipinski definition) is 0. The van der Waals surface area contributed by atoms with Crippen LogP contribution in [0.5, 0.6) is 5.75 Å². The van der Waals surface area contributed by atoms with Gasteiger partial charge in [-0.2, -0.15) is 4.98 Å². The van der Waals surface area contributed by atoms with Gasteiger partial charge in [0.05, 0.1) is 23.8 Å².